The number of Topliss-reactive ketones (excluding diaryl/α,β-unsaturated/α-hetero) is 1. The van der Waals surface area contributed by atoms with Crippen LogP contribution in [0.3, 0.4) is 0 Å². The molecule has 1 aromatic rings. The third-order valence-electron chi connectivity index (χ3n) is 2.29. The van der Waals surface area contributed by atoms with Crippen molar-refractivity contribution < 1.29 is 14.3 Å². The predicted octanol–water partition coefficient (Wildman–Crippen LogP) is 1.43. The van der Waals surface area contributed by atoms with E-state index in [-0.39, 0.29) is 30.7 Å². The van der Waals surface area contributed by atoms with Crippen LogP contribution in [0.1, 0.15) is 16.8 Å². The Morgan fingerprint density at radius 1 is 1.29 bits per heavy atom. The second-order valence-corrected chi connectivity index (χ2v) is 3.31. The lowest BCUT2D eigenvalue weighted by Crippen LogP contribution is -2.14. The largest absolute Gasteiger partial charge is 0.465 e. The molecule has 0 aromatic heterocycles. The van der Waals surface area contributed by atoms with E-state index in [1.807, 2.05) is 18.2 Å². The summed E-state index contributed by atoms with van der Waals surface area (Å²) < 4.78 is 4.75. The van der Waals surface area contributed by atoms with Crippen molar-refractivity contribution in [1.82, 2.24) is 0 Å². The van der Waals surface area contributed by atoms with Gasteiger partial charge in [0.15, 0.2) is 5.78 Å². The number of carbonyl (C=O) groups is 2. The van der Waals surface area contributed by atoms with Crippen molar-refractivity contribution in [3.8, 4) is 0 Å². The van der Waals surface area contributed by atoms with E-state index in [9.17, 15) is 9.59 Å². The van der Waals surface area contributed by atoms with Crippen LogP contribution in [-0.2, 0) is 9.53 Å². The molecule has 1 aliphatic rings. The highest BCUT2D eigenvalue weighted by Crippen LogP contribution is 2.19. The molecular weight excluding hydrogens is 180 g/mol. The fourth-order valence-corrected chi connectivity index (χ4v) is 1.52. The average molecular weight is 190 g/mol. The Kier molecular flexibility index (Phi) is 2.31. The second-order valence-electron chi connectivity index (χ2n) is 3.31. The molecule has 1 atom stereocenters. The summed E-state index contributed by atoms with van der Waals surface area (Å²) in [6, 6.07) is 8.99. The number of benzene rings is 1. The summed E-state index contributed by atoms with van der Waals surface area (Å²) in [5.41, 5.74) is 0.649. The molecule has 0 unspecified atom stereocenters. The van der Waals surface area contributed by atoms with Crippen molar-refractivity contribution in [2.24, 2.45) is 5.92 Å². The van der Waals surface area contributed by atoms with E-state index in [4.69, 9.17) is 4.74 Å². The van der Waals surface area contributed by atoms with Crippen LogP contribution in [0.4, 0.5) is 0 Å². The quantitative estimate of drug-likeness (QED) is 0.523. The van der Waals surface area contributed by atoms with Crippen LogP contribution in [0, 0.1) is 5.92 Å². The predicted molar refractivity (Wildman–Crippen MR) is 49.8 cm³/mol. The van der Waals surface area contributed by atoms with Crippen LogP contribution in [0.25, 0.3) is 0 Å². The molecule has 72 valence electrons. The van der Waals surface area contributed by atoms with Crippen molar-refractivity contribution in [1.29, 1.82) is 0 Å². The Morgan fingerprint density at radius 2 is 2.00 bits per heavy atom. The van der Waals surface area contributed by atoms with Gasteiger partial charge in [-0.05, 0) is 0 Å². The smallest absolute Gasteiger partial charge is 0.306 e. The number of hydrogen-bond donors (Lipinski definition) is 0. The second kappa shape index (κ2) is 3.62. The summed E-state index contributed by atoms with van der Waals surface area (Å²) in [5, 5.41) is 0. The third-order valence-corrected chi connectivity index (χ3v) is 2.29. The zero-order chi connectivity index (χ0) is 9.97. The summed E-state index contributed by atoms with van der Waals surface area (Å²) in [7, 11) is 0. The molecule has 1 heterocycles. The normalized spacial score (nSPS) is 20.6. The zero-order valence-corrected chi connectivity index (χ0v) is 7.60. The molecule has 14 heavy (non-hydrogen) atoms. The average Bonchev–Trinajstić information content (AvgIpc) is 2.65. The Labute approximate surface area is 81.7 Å². The van der Waals surface area contributed by atoms with E-state index in [2.05, 4.69) is 0 Å². The van der Waals surface area contributed by atoms with Crippen LogP contribution in [-0.4, -0.2) is 18.4 Å². The van der Waals surface area contributed by atoms with Crippen LogP contribution in [0.15, 0.2) is 30.3 Å². The number of ketones is 1. The van der Waals surface area contributed by atoms with Gasteiger partial charge in [0, 0.05) is 5.56 Å². The van der Waals surface area contributed by atoms with Gasteiger partial charge in [-0.1, -0.05) is 30.3 Å². The van der Waals surface area contributed by atoms with Crippen molar-refractivity contribution in [3.05, 3.63) is 35.9 Å². The maximum absolute atomic E-state index is 11.8. The molecule has 3 nitrogen and oxygen atoms in total. The van der Waals surface area contributed by atoms with Crippen LogP contribution in [0.5, 0.6) is 0 Å². The lowest BCUT2D eigenvalue weighted by atomic mass is 9.97. The maximum Gasteiger partial charge on any atom is 0.306 e. The number of ether oxygens (including phenoxy) is 1. The van der Waals surface area contributed by atoms with Gasteiger partial charge in [0.25, 0.3) is 0 Å². The first-order valence-electron chi connectivity index (χ1n) is 4.52. The molecule has 3 heteroatoms. The lowest BCUT2D eigenvalue weighted by Gasteiger charge is -2.03. The molecule has 0 aliphatic carbocycles. The monoisotopic (exact) mass is 190 g/mol. The van der Waals surface area contributed by atoms with Gasteiger partial charge in [-0.2, -0.15) is 0 Å². The first-order valence-corrected chi connectivity index (χ1v) is 4.52. The first kappa shape index (κ1) is 8.94. The standard InChI is InChI=1S/C11H10O3/c12-10-6-9(7-14-10)11(13)8-4-2-1-3-5-8/h1-5,9H,6-7H2/t9-/m0/s1. The minimum atomic E-state index is -0.287. The number of cyclic esters (lactones) is 1. The number of rotatable bonds is 2. The Balaban J connectivity index is 2.13. The maximum atomic E-state index is 11.8. The zero-order valence-electron chi connectivity index (χ0n) is 7.60. The van der Waals surface area contributed by atoms with Gasteiger partial charge >= 0.3 is 5.97 Å². The Bertz CT molecular complexity index is 356. The van der Waals surface area contributed by atoms with Crippen molar-refractivity contribution >= 4 is 11.8 Å². The van der Waals surface area contributed by atoms with Crippen LogP contribution < -0.4 is 0 Å². The van der Waals surface area contributed by atoms with Crippen LogP contribution in [0.2, 0.25) is 0 Å². The highest BCUT2D eigenvalue weighted by molar-refractivity contribution is 6.00. The van der Waals surface area contributed by atoms with E-state index in [0.29, 0.717) is 5.56 Å². The number of carbonyl (C=O) groups excluding carboxylic acids is 2. The topological polar surface area (TPSA) is 43.4 Å². The molecule has 0 radical (unpaired) electrons. The minimum Gasteiger partial charge on any atom is -0.465 e. The van der Waals surface area contributed by atoms with E-state index >= 15 is 0 Å². The van der Waals surface area contributed by atoms with E-state index in [1.165, 1.54) is 0 Å². The molecule has 0 bridgehead atoms. The number of hydrogen-bond acceptors (Lipinski definition) is 3. The molecule has 0 N–H and O–H groups in total. The highest BCUT2D eigenvalue weighted by Gasteiger charge is 2.30. The first-order chi connectivity index (χ1) is 6.77. The highest BCUT2D eigenvalue weighted by atomic mass is 16.5. The van der Waals surface area contributed by atoms with Gasteiger partial charge in [-0.3, -0.25) is 9.59 Å². The fourth-order valence-electron chi connectivity index (χ4n) is 1.52. The van der Waals surface area contributed by atoms with Gasteiger partial charge in [0.05, 0.1) is 12.3 Å². The van der Waals surface area contributed by atoms with E-state index in [1.54, 1.807) is 12.1 Å². The summed E-state index contributed by atoms with van der Waals surface area (Å²) in [6.07, 6.45) is 0.216. The van der Waals surface area contributed by atoms with Gasteiger partial charge in [-0.15, -0.1) is 0 Å². The molecule has 0 amide bonds. The fraction of sp³-hybridized carbons (Fsp3) is 0.273. The van der Waals surface area contributed by atoms with Gasteiger partial charge in [0.2, 0.25) is 0 Å². The number of esters is 1. The SMILES string of the molecule is O=C1C[C@H](C(=O)c2ccccc2)CO1. The molecule has 2 rings (SSSR count). The molecule has 1 aromatic carbocycles. The molecule has 1 aliphatic heterocycles. The van der Waals surface area contributed by atoms with Crippen molar-refractivity contribution in [2.75, 3.05) is 6.61 Å². The third kappa shape index (κ3) is 1.66. The Hall–Kier alpha value is -1.64. The van der Waals surface area contributed by atoms with Gasteiger partial charge in [-0.25, -0.2) is 0 Å². The molecule has 1 saturated heterocycles. The molecule has 0 spiro atoms. The molecule has 1 fully saturated rings. The van der Waals surface area contributed by atoms with Crippen molar-refractivity contribution in [3.63, 3.8) is 0 Å². The lowest BCUT2D eigenvalue weighted by molar-refractivity contribution is -0.137. The summed E-state index contributed by atoms with van der Waals surface area (Å²) in [5.74, 6) is -0.569. The summed E-state index contributed by atoms with van der Waals surface area (Å²) in [4.78, 5) is 22.6. The van der Waals surface area contributed by atoms with Gasteiger partial charge in [0.1, 0.15) is 6.61 Å². The summed E-state index contributed by atoms with van der Waals surface area (Å²) >= 11 is 0. The summed E-state index contributed by atoms with van der Waals surface area (Å²) in [6.45, 7) is 0.229. The van der Waals surface area contributed by atoms with E-state index < -0.39 is 0 Å². The molecular formula is C11H10O3. The van der Waals surface area contributed by atoms with Crippen LogP contribution >= 0.6 is 0 Å². The van der Waals surface area contributed by atoms with E-state index in [0.717, 1.165) is 0 Å². The van der Waals surface area contributed by atoms with Gasteiger partial charge < -0.3 is 4.74 Å². The minimum absolute atomic E-state index is 0.00329. The van der Waals surface area contributed by atoms with Crippen molar-refractivity contribution in [2.45, 2.75) is 6.42 Å². The molecule has 0 saturated carbocycles. The Morgan fingerprint density at radius 3 is 2.57 bits per heavy atom.